The van der Waals surface area contributed by atoms with Crippen LogP contribution in [-0.2, 0) is 0 Å². The molecule has 1 heterocycles. The van der Waals surface area contributed by atoms with Crippen LogP contribution in [0.1, 0.15) is 13.8 Å². The standard InChI is InChI=1S/C14H20N3/c1-4-17(14-8-6-5-7-9-14)16-11-10-13(2)15(3)12-16/h5-13H,4H2,1-3H3/q+1. The fraction of sp³-hybridized carbons (Fsp3) is 0.357. The molecule has 0 aliphatic carbocycles. The Labute approximate surface area is 103 Å². The summed E-state index contributed by atoms with van der Waals surface area (Å²) in [5.74, 6) is 0. The predicted molar refractivity (Wildman–Crippen MR) is 72.2 cm³/mol. The number of rotatable bonds is 3. The third kappa shape index (κ3) is 2.49. The molecule has 1 aromatic rings. The lowest BCUT2D eigenvalue weighted by Crippen LogP contribution is -2.43. The van der Waals surface area contributed by atoms with E-state index in [9.17, 15) is 0 Å². The molecule has 1 aromatic carbocycles. The van der Waals surface area contributed by atoms with Crippen molar-refractivity contribution in [3.63, 3.8) is 0 Å². The zero-order valence-electron chi connectivity index (χ0n) is 10.7. The number of para-hydroxylation sites is 1. The Morgan fingerprint density at radius 1 is 1.29 bits per heavy atom. The second-order valence-corrected chi connectivity index (χ2v) is 4.29. The summed E-state index contributed by atoms with van der Waals surface area (Å²) in [6.07, 6.45) is 6.45. The molecule has 0 aromatic heterocycles. The fourth-order valence-electron chi connectivity index (χ4n) is 1.90. The first kappa shape index (κ1) is 11.7. The average Bonchev–Trinajstić information content (AvgIpc) is 2.36. The van der Waals surface area contributed by atoms with Crippen molar-refractivity contribution >= 4 is 12.0 Å². The Morgan fingerprint density at radius 2 is 2.00 bits per heavy atom. The third-order valence-electron chi connectivity index (χ3n) is 3.09. The van der Waals surface area contributed by atoms with Crippen LogP contribution >= 0.6 is 0 Å². The molecule has 0 N–H and O–H groups in total. The lowest BCUT2D eigenvalue weighted by Gasteiger charge is -2.28. The summed E-state index contributed by atoms with van der Waals surface area (Å²) >= 11 is 0. The Kier molecular flexibility index (Phi) is 3.47. The van der Waals surface area contributed by atoms with Crippen molar-refractivity contribution < 1.29 is 4.58 Å². The van der Waals surface area contributed by atoms with Crippen LogP contribution in [0.5, 0.6) is 0 Å². The van der Waals surface area contributed by atoms with Crippen LogP contribution in [0, 0.1) is 0 Å². The average molecular weight is 230 g/mol. The van der Waals surface area contributed by atoms with Gasteiger partial charge in [-0.1, -0.05) is 18.2 Å². The Bertz CT molecular complexity index is 422. The van der Waals surface area contributed by atoms with Gasteiger partial charge in [0.05, 0.1) is 19.3 Å². The molecule has 0 radical (unpaired) electrons. The van der Waals surface area contributed by atoms with Crippen LogP contribution in [0.15, 0.2) is 42.6 Å². The zero-order chi connectivity index (χ0) is 12.3. The van der Waals surface area contributed by atoms with Crippen molar-refractivity contribution in [3.05, 3.63) is 42.6 Å². The molecule has 1 unspecified atom stereocenters. The normalized spacial score (nSPS) is 19.1. The van der Waals surface area contributed by atoms with Crippen molar-refractivity contribution in [1.82, 2.24) is 5.01 Å². The summed E-state index contributed by atoms with van der Waals surface area (Å²) < 4.78 is 2.20. The van der Waals surface area contributed by atoms with Gasteiger partial charge in [0, 0.05) is 6.08 Å². The third-order valence-corrected chi connectivity index (χ3v) is 3.09. The minimum atomic E-state index is 0.459. The molecular weight excluding hydrogens is 210 g/mol. The molecule has 3 heteroatoms. The van der Waals surface area contributed by atoms with Gasteiger partial charge in [-0.15, -0.1) is 5.01 Å². The van der Waals surface area contributed by atoms with E-state index in [-0.39, 0.29) is 0 Å². The minimum Gasteiger partial charge on any atom is -0.263 e. The summed E-state index contributed by atoms with van der Waals surface area (Å²) in [7, 11) is 2.10. The highest BCUT2D eigenvalue weighted by atomic mass is 15.6. The Hall–Kier alpha value is -1.77. The number of benzene rings is 1. The second-order valence-electron chi connectivity index (χ2n) is 4.29. The summed E-state index contributed by atoms with van der Waals surface area (Å²) in [6.45, 7) is 5.28. The van der Waals surface area contributed by atoms with Crippen molar-refractivity contribution in [1.29, 1.82) is 0 Å². The van der Waals surface area contributed by atoms with Gasteiger partial charge in [0.25, 0.3) is 6.34 Å². The van der Waals surface area contributed by atoms with Crippen LogP contribution < -0.4 is 5.01 Å². The van der Waals surface area contributed by atoms with Crippen molar-refractivity contribution in [2.75, 3.05) is 18.6 Å². The van der Waals surface area contributed by atoms with Gasteiger partial charge in [-0.3, -0.25) is 4.58 Å². The first-order chi connectivity index (χ1) is 8.22. The number of anilines is 1. The first-order valence-electron chi connectivity index (χ1n) is 6.08. The van der Waals surface area contributed by atoms with Gasteiger partial charge in [0.2, 0.25) is 0 Å². The monoisotopic (exact) mass is 230 g/mol. The molecule has 0 saturated carbocycles. The van der Waals surface area contributed by atoms with Gasteiger partial charge in [-0.2, -0.15) is 0 Å². The van der Waals surface area contributed by atoms with Gasteiger partial charge >= 0.3 is 0 Å². The van der Waals surface area contributed by atoms with Crippen molar-refractivity contribution in [3.8, 4) is 0 Å². The largest absolute Gasteiger partial charge is 0.263 e. The van der Waals surface area contributed by atoms with Gasteiger partial charge < -0.3 is 0 Å². The highest BCUT2D eigenvalue weighted by Crippen LogP contribution is 2.16. The molecule has 0 spiro atoms. The van der Waals surface area contributed by atoms with Gasteiger partial charge in [-0.25, -0.2) is 5.01 Å². The van der Waals surface area contributed by atoms with E-state index in [0.717, 1.165) is 6.54 Å². The molecule has 17 heavy (non-hydrogen) atoms. The Morgan fingerprint density at radius 3 is 2.59 bits per heavy atom. The smallest absolute Gasteiger partial charge is 0.262 e. The number of hydrogen-bond acceptors (Lipinski definition) is 2. The van der Waals surface area contributed by atoms with Crippen molar-refractivity contribution in [2.24, 2.45) is 0 Å². The predicted octanol–water partition coefficient (Wildman–Crippen LogP) is 2.32. The van der Waals surface area contributed by atoms with Crippen LogP contribution in [-0.4, -0.2) is 35.6 Å². The SMILES string of the molecule is CCN(c1ccccc1)N1C=CC(C)[N+](C)=C1. The van der Waals surface area contributed by atoms with Gasteiger partial charge in [0.15, 0.2) is 0 Å². The second kappa shape index (κ2) is 5.04. The molecule has 90 valence electrons. The van der Waals surface area contributed by atoms with E-state index in [0.29, 0.717) is 6.04 Å². The van der Waals surface area contributed by atoms with E-state index >= 15 is 0 Å². The van der Waals surface area contributed by atoms with Gasteiger partial charge in [-0.05, 0) is 26.0 Å². The molecular formula is C14H20N3+. The maximum atomic E-state index is 2.24. The van der Waals surface area contributed by atoms with E-state index in [1.165, 1.54) is 5.69 Å². The van der Waals surface area contributed by atoms with E-state index in [4.69, 9.17) is 0 Å². The quantitative estimate of drug-likeness (QED) is 0.737. The maximum absolute atomic E-state index is 2.24. The van der Waals surface area contributed by atoms with Crippen LogP contribution in [0.25, 0.3) is 0 Å². The first-order valence-corrected chi connectivity index (χ1v) is 6.08. The number of hydrazine groups is 1. The van der Waals surface area contributed by atoms with Crippen molar-refractivity contribution in [2.45, 2.75) is 19.9 Å². The van der Waals surface area contributed by atoms with Crippen LogP contribution in [0.2, 0.25) is 0 Å². The maximum Gasteiger partial charge on any atom is 0.262 e. The highest BCUT2D eigenvalue weighted by molar-refractivity contribution is 5.59. The lowest BCUT2D eigenvalue weighted by molar-refractivity contribution is -0.523. The van der Waals surface area contributed by atoms with E-state index in [1.807, 2.05) is 6.07 Å². The number of likely N-dealkylation sites (N-methyl/N-ethyl adjacent to an activating group) is 1. The topological polar surface area (TPSA) is 9.49 Å². The molecule has 0 bridgehead atoms. The fourth-order valence-corrected chi connectivity index (χ4v) is 1.90. The van der Waals surface area contributed by atoms with E-state index < -0.39 is 0 Å². The molecule has 1 aliphatic heterocycles. The minimum absolute atomic E-state index is 0.459. The molecule has 0 fully saturated rings. The summed E-state index contributed by atoms with van der Waals surface area (Å²) in [4.78, 5) is 0. The zero-order valence-corrected chi connectivity index (χ0v) is 10.7. The molecule has 1 aliphatic rings. The van der Waals surface area contributed by atoms with Gasteiger partial charge in [0.1, 0.15) is 12.2 Å². The molecule has 0 saturated heterocycles. The molecule has 2 rings (SSSR count). The summed E-state index contributed by atoms with van der Waals surface area (Å²) in [5.41, 5.74) is 1.21. The molecule has 3 nitrogen and oxygen atoms in total. The van der Waals surface area contributed by atoms with E-state index in [2.05, 4.69) is 78.4 Å². The Balaban J connectivity index is 2.23. The summed E-state index contributed by atoms with van der Waals surface area (Å²) in [5, 5.41) is 4.37. The van der Waals surface area contributed by atoms with E-state index in [1.54, 1.807) is 0 Å². The number of hydrogen-bond donors (Lipinski definition) is 0. The molecule has 1 atom stereocenters. The lowest BCUT2D eigenvalue weighted by atomic mass is 10.3. The molecule has 0 amide bonds. The highest BCUT2D eigenvalue weighted by Gasteiger charge is 2.20. The van der Waals surface area contributed by atoms with Crippen LogP contribution in [0.3, 0.4) is 0 Å². The number of nitrogens with zero attached hydrogens (tertiary/aromatic N) is 3. The van der Waals surface area contributed by atoms with Crippen LogP contribution in [0.4, 0.5) is 5.69 Å². The summed E-state index contributed by atoms with van der Waals surface area (Å²) in [6, 6.07) is 10.9.